The molecule has 2 aromatic carbocycles. The number of hydrogen-bond donors (Lipinski definition) is 2. The van der Waals surface area contributed by atoms with Gasteiger partial charge in [-0.05, 0) is 48.7 Å². The van der Waals surface area contributed by atoms with Crippen LogP contribution in [0.3, 0.4) is 0 Å². The fourth-order valence-electron chi connectivity index (χ4n) is 4.19. The van der Waals surface area contributed by atoms with Gasteiger partial charge in [0.15, 0.2) is 5.78 Å². The zero-order valence-corrected chi connectivity index (χ0v) is 23.9. The molecule has 1 heterocycles. The highest BCUT2D eigenvalue weighted by molar-refractivity contribution is 7.89. The molecule has 0 unspecified atom stereocenters. The summed E-state index contributed by atoms with van der Waals surface area (Å²) in [7, 11) is -0.744. The van der Waals surface area contributed by atoms with Gasteiger partial charge in [-0.25, -0.2) is 13.2 Å². The summed E-state index contributed by atoms with van der Waals surface area (Å²) < 4.78 is 37.9. The normalized spacial score (nSPS) is 13.6. The first-order valence-corrected chi connectivity index (χ1v) is 14.0. The Balaban J connectivity index is 1.43. The van der Waals surface area contributed by atoms with E-state index in [1.165, 1.54) is 23.4 Å². The van der Waals surface area contributed by atoms with Crippen molar-refractivity contribution in [1.29, 1.82) is 0 Å². The average Bonchev–Trinajstić information content (AvgIpc) is 3.37. The Labute approximate surface area is 233 Å². The van der Waals surface area contributed by atoms with Gasteiger partial charge in [-0.1, -0.05) is 23.7 Å². The molecule has 39 heavy (non-hydrogen) atoms. The van der Waals surface area contributed by atoms with Gasteiger partial charge in [-0.2, -0.15) is 4.31 Å². The molecule has 13 heteroatoms. The number of halogens is 1. The summed E-state index contributed by atoms with van der Waals surface area (Å²) in [6, 6.07) is 8.51. The monoisotopic (exact) mass is 580 g/mol. The molecule has 2 aromatic rings. The molecule has 0 aliphatic carbocycles. The molecule has 2 N–H and O–H groups in total. The fraction of sp³-hybridized carbons (Fsp3) is 0.423. The van der Waals surface area contributed by atoms with Crippen LogP contribution in [0.4, 0.5) is 4.79 Å². The smallest absolute Gasteiger partial charge is 0.413 e. The Morgan fingerprint density at radius 3 is 2.51 bits per heavy atom. The lowest BCUT2D eigenvalue weighted by molar-refractivity contribution is -0.122. The Bertz CT molecular complexity index is 1340. The molecule has 1 aliphatic heterocycles. The van der Waals surface area contributed by atoms with Gasteiger partial charge in [-0.3, -0.25) is 14.7 Å². The molecular weight excluding hydrogens is 548 g/mol. The van der Waals surface area contributed by atoms with E-state index in [0.29, 0.717) is 52.9 Å². The molecule has 0 fully saturated rings. The number of benzene rings is 2. The molecule has 3 rings (SSSR count). The van der Waals surface area contributed by atoms with Crippen LogP contribution in [0.5, 0.6) is 5.75 Å². The predicted octanol–water partition coefficient (Wildman–Crippen LogP) is 2.70. The third kappa shape index (κ3) is 7.55. The van der Waals surface area contributed by atoms with Crippen molar-refractivity contribution in [1.82, 2.24) is 14.5 Å². The SMILES string of the molecule is COc1cc(C)c(S(=O)(=O)N(C)CCOCC(=O)CNCc2ccc(C3=NCCN3C(=O)O)cc2Cl)c(C)c1. The minimum absolute atomic E-state index is 0.0377. The molecule has 1 amide bonds. The largest absolute Gasteiger partial charge is 0.497 e. The second-order valence-electron chi connectivity index (χ2n) is 9.06. The molecule has 212 valence electrons. The number of carboxylic acid groups (broad SMARTS) is 1. The van der Waals surface area contributed by atoms with Crippen LogP contribution in [0.2, 0.25) is 5.02 Å². The van der Waals surface area contributed by atoms with E-state index < -0.39 is 16.1 Å². The highest BCUT2D eigenvalue weighted by atomic mass is 35.5. The number of carbonyl (C=O) groups is 2. The lowest BCUT2D eigenvalue weighted by atomic mass is 10.1. The number of Topliss-reactive ketones (excluding diaryl/α,β-unsaturated/α-hetero) is 1. The van der Waals surface area contributed by atoms with Crippen LogP contribution in [0.15, 0.2) is 40.2 Å². The van der Waals surface area contributed by atoms with Crippen molar-refractivity contribution >= 4 is 39.3 Å². The Hall–Kier alpha value is -3.03. The van der Waals surface area contributed by atoms with Gasteiger partial charge in [0, 0.05) is 30.7 Å². The van der Waals surface area contributed by atoms with Crippen LogP contribution >= 0.6 is 11.6 Å². The number of amidine groups is 1. The maximum absolute atomic E-state index is 13.1. The summed E-state index contributed by atoms with van der Waals surface area (Å²) in [5, 5.41) is 12.7. The van der Waals surface area contributed by atoms with E-state index in [9.17, 15) is 23.1 Å². The Morgan fingerprint density at radius 2 is 1.90 bits per heavy atom. The number of methoxy groups -OCH3 is 1. The van der Waals surface area contributed by atoms with Crippen LogP contribution in [-0.4, -0.2) is 94.0 Å². The van der Waals surface area contributed by atoms with Crippen LogP contribution in [0, 0.1) is 13.8 Å². The van der Waals surface area contributed by atoms with Gasteiger partial charge >= 0.3 is 6.09 Å². The van der Waals surface area contributed by atoms with Crippen molar-refractivity contribution in [3.05, 3.63) is 57.6 Å². The van der Waals surface area contributed by atoms with E-state index in [0.717, 1.165) is 5.56 Å². The number of ketones is 1. The molecular formula is C26H33ClN4O7S. The van der Waals surface area contributed by atoms with E-state index in [-0.39, 0.29) is 37.0 Å². The van der Waals surface area contributed by atoms with Crippen LogP contribution in [0.25, 0.3) is 0 Å². The summed E-state index contributed by atoms with van der Waals surface area (Å²) in [4.78, 5) is 29.2. The molecule has 0 saturated carbocycles. The van der Waals surface area contributed by atoms with E-state index >= 15 is 0 Å². The van der Waals surface area contributed by atoms with Gasteiger partial charge in [0.05, 0.1) is 38.2 Å². The minimum atomic E-state index is -3.74. The lowest BCUT2D eigenvalue weighted by Crippen LogP contribution is -2.33. The summed E-state index contributed by atoms with van der Waals surface area (Å²) in [5.41, 5.74) is 2.53. The molecule has 0 atom stereocenters. The third-order valence-corrected chi connectivity index (χ3v) is 8.69. The molecule has 0 aromatic heterocycles. The van der Waals surface area contributed by atoms with Gasteiger partial charge < -0.3 is 19.9 Å². The second-order valence-corrected chi connectivity index (χ2v) is 11.4. The molecule has 0 radical (unpaired) electrons. The summed E-state index contributed by atoms with van der Waals surface area (Å²) in [6.45, 7) is 4.48. The lowest BCUT2D eigenvalue weighted by Gasteiger charge is -2.20. The summed E-state index contributed by atoms with van der Waals surface area (Å²) in [5.74, 6) is 0.754. The van der Waals surface area contributed by atoms with Crippen molar-refractivity contribution in [2.45, 2.75) is 25.3 Å². The number of nitrogens with one attached hydrogen (secondary N) is 1. The van der Waals surface area contributed by atoms with Crippen molar-refractivity contribution in [2.24, 2.45) is 4.99 Å². The van der Waals surface area contributed by atoms with Crippen molar-refractivity contribution in [3.8, 4) is 5.75 Å². The second kappa shape index (κ2) is 13.4. The molecule has 0 saturated heterocycles. The van der Waals surface area contributed by atoms with E-state index in [2.05, 4.69) is 10.3 Å². The first kappa shape index (κ1) is 30.5. The summed E-state index contributed by atoms with van der Waals surface area (Å²) in [6.07, 6.45) is -1.07. The number of ether oxygens (including phenoxy) is 2. The van der Waals surface area contributed by atoms with Gasteiger partial charge in [-0.15, -0.1) is 0 Å². The molecule has 0 spiro atoms. The maximum atomic E-state index is 13.1. The van der Waals surface area contributed by atoms with E-state index in [4.69, 9.17) is 21.1 Å². The van der Waals surface area contributed by atoms with Crippen molar-refractivity contribution in [2.75, 3.05) is 53.6 Å². The fourth-order valence-corrected chi connectivity index (χ4v) is 5.99. The van der Waals surface area contributed by atoms with Crippen molar-refractivity contribution < 1.29 is 32.6 Å². The zero-order valence-electron chi connectivity index (χ0n) is 22.4. The van der Waals surface area contributed by atoms with Crippen LogP contribution in [0.1, 0.15) is 22.3 Å². The van der Waals surface area contributed by atoms with Crippen LogP contribution in [-0.2, 0) is 26.1 Å². The number of hydrogen-bond acceptors (Lipinski definition) is 8. The highest BCUT2D eigenvalue weighted by Crippen LogP contribution is 2.27. The summed E-state index contributed by atoms with van der Waals surface area (Å²) >= 11 is 6.37. The van der Waals surface area contributed by atoms with E-state index in [1.54, 1.807) is 44.2 Å². The third-order valence-electron chi connectivity index (χ3n) is 6.17. The standard InChI is InChI=1S/C26H33ClN4O7S/c1-17-11-22(37-4)12-18(2)24(17)39(35,36)30(3)9-10-38-16-21(32)15-28-14-20-6-5-19(13-23(20)27)25-29-7-8-31(25)26(33)34/h5-6,11-13,28H,7-10,14-16H2,1-4H3,(H,33,34). The van der Waals surface area contributed by atoms with Crippen LogP contribution < -0.4 is 10.1 Å². The average molecular weight is 581 g/mol. The van der Waals surface area contributed by atoms with E-state index in [1.807, 2.05) is 0 Å². The zero-order chi connectivity index (χ0) is 28.7. The minimum Gasteiger partial charge on any atom is -0.497 e. The number of rotatable bonds is 13. The number of sulfonamides is 1. The first-order valence-electron chi connectivity index (χ1n) is 12.2. The number of likely N-dealkylation sites (N-methyl/N-ethyl adjacent to an activating group) is 1. The molecule has 11 nitrogen and oxygen atoms in total. The molecule has 0 bridgehead atoms. The Morgan fingerprint density at radius 1 is 1.21 bits per heavy atom. The number of amides is 1. The number of aryl methyl sites for hydroxylation is 2. The van der Waals surface area contributed by atoms with Crippen molar-refractivity contribution in [3.63, 3.8) is 0 Å². The first-order chi connectivity index (χ1) is 18.4. The highest BCUT2D eigenvalue weighted by Gasteiger charge is 2.26. The predicted molar refractivity (Wildman–Crippen MR) is 147 cm³/mol. The number of aliphatic imine (C=N–C) groups is 1. The Kier molecular flexibility index (Phi) is 10.4. The van der Waals surface area contributed by atoms with Gasteiger partial charge in [0.2, 0.25) is 10.0 Å². The van der Waals surface area contributed by atoms with Gasteiger partial charge in [0.25, 0.3) is 0 Å². The topological polar surface area (TPSA) is 138 Å². The quantitative estimate of drug-likeness (QED) is 0.345. The maximum Gasteiger partial charge on any atom is 0.413 e. The number of nitrogens with zero attached hydrogens (tertiary/aromatic N) is 3. The number of carbonyl (C=O) groups excluding carboxylic acids is 1. The van der Waals surface area contributed by atoms with Gasteiger partial charge in [0.1, 0.15) is 18.2 Å². The molecule has 1 aliphatic rings.